The molecule has 0 aliphatic rings. The Morgan fingerprint density at radius 1 is 0.286 bits per heavy atom. The van der Waals surface area contributed by atoms with Crippen LogP contribution in [0.25, 0.3) is 144 Å². The molecule has 326 valence electrons. The molecule has 0 fully saturated rings. The van der Waals surface area contributed by atoms with E-state index in [1.807, 2.05) is 42.5 Å². The second-order valence-corrected chi connectivity index (χ2v) is 17.8. The molecular formula is C65H39N3O2. The Morgan fingerprint density at radius 3 is 1.56 bits per heavy atom. The third kappa shape index (κ3) is 6.59. The number of aromatic nitrogens is 3. The molecule has 0 N–H and O–H groups in total. The highest BCUT2D eigenvalue weighted by Crippen LogP contribution is 2.47. The number of hydrogen-bond donors (Lipinski definition) is 0. The van der Waals surface area contributed by atoms with E-state index in [2.05, 4.69) is 194 Å². The molecule has 70 heavy (non-hydrogen) atoms. The monoisotopic (exact) mass is 893 g/mol. The molecule has 4 heterocycles. The van der Waals surface area contributed by atoms with Crippen molar-refractivity contribution in [2.24, 2.45) is 0 Å². The molecule has 0 spiro atoms. The van der Waals surface area contributed by atoms with Crippen molar-refractivity contribution in [3.05, 3.63) is 237 Å². The summed E-state index contributed by atoms with van der Waals surface area (Å²) >= 11 is 0. The third-order valence-corrected chi connectivity index (χ3v) is 13.7. The summed E-state index contributed by atoms with van der Waals surface area (Å²) in [5.41, 5.74) is 17.4. The van der Waals surface area contributed by atoms with Gasteiger partial charge in [0.1, 0.15) is 22.3 Å². The van der Waals surface area contributed by atoms with Crippen LogP contribution in [-0.2, 0) is 0 Å². The molecule has 0 saturated heterocycles. The quantitative estimate of drug-likeness (QED) is 0.149. The summed E-state index contributed by atoms with van der Waals surface area (Å²) in [6, 6.07) is 82.6. The lowest BCUT2D eigenvalue weighted by molar-refractivity contribution is 0.669. The van der Waals surface area contributed by atoms with Crippen LogP contribution in [-0.4, -0.2) is 15.0 Å². The summed E-state index contributed by atoms with van der Waals surface area (Å²) in [4.78, 5) is 15.8. The zero-order valence-electron chi connectivity index (χ0n) is 37.7. The first kappa shape index (κ1) is 39.7. The fourth-order valence-corrected chi connectivity index (χ4v) is 10.4. The minimum atomic E-state index is 0.661. The van der Waals surface area contributed by atoms with Crippen LogP contribution >= 0.6 is 0 Å². The lowest BCUT2D eigenvalue weighted by atomic mass is 9.88. The van der Waals surface area contributed by atoms with Crippen LogP contribution in [0.15, 0.2) is 245 Å². The fraction of sp³-hybridized carbons (Fsp3) is 0. The Balaban J connectivity index is 0.927. The second-order valence-electron chi connectivity index (χ2n) is 17.8. The number of benzene rings is 10. The SMILES string of the molecule is c1ccc(-c2nc(-c3cccc(-c4cccc(-c5c6c(cc7c(-c8ccccc8)nc8ccccc8c57)oc5ccccc56)c4)c3)cc(-c3cccc(-c4cccc5c4oc4ccccc45)c3)n2)cc1. The molecule has 14 aromatic rings. The molecule has 5 nitrogen and oxygen atoms in total. The average molecular weight is 894 g/mol. The van der Waals surface area contributed by atoms with Crippen molar-refractivity contribution in [2.45, 2.75) is 0 Å². The molecular weight excluding hydrogens is 855 g/mol. The number of furan rings is 2. The molecule has 0 aliphatic carbocycles. The number of para-hydroxylation sites is 4. The molecule has 0 amide bonds. The fourth-order valence-electron chi connectivity index (χ4n) is 10.4. The average Bonchev–Trinajstić information content (AvgIpc) is 4.01. The normalized spacial score (nSPS) is 11.7. The molecule has 0 saturated carbocycles. The van der Waals surface area contributed by atoms with Crippen LogP contribution in [0.2, 0.25) is 0 Å². The van der Waals surface area contributed by atoms with Gasteiger partial charge in [-0.05, 0) is 70.8 Å². The number of rotatable bonds is 7. The van der Waals surface area contributed by atoms with Crippen molar-refractivity contribution in [1.82, 2.24) is 15.0 Å². The molecule has 14 rings (SSSR count). The van der Waals surface area contributed by atoms with Gasteiger partial charge in [-0.3, -0.25) is 0 Å². The van der Waals surface area contributed by atoms with Crippen molar-refractivity contribution in [3.8, 4) is 78.5 Å². The minimum Gasteiger partial charge on any atom is -0.456 e. The van der Waals surface area contributed by atoms with Crippen molar-refractivity contribution in [2.75, 3.05) is 0 Å². The van der Waals surface area contributed by atoms with Gasteiger partial charge in [0.25, 0.3) is 0 Å². The molecule has 0 bridgehead atoms. The summed E-state index contributed by atoms with van der Waals surface area (Å²) in [5.74, 6) is 0.661. The zero-order valence-corrected chi connectivity index (χ0v) is 37.7. The number of fused-ring (bicyclic) bond motifs is 9. The maximum Gasteiger partial charge on any atom is 0.160 e. The summed E-state index contributed by atoms with van der Waals surface area (Å²) in [6.45, 7) is 0. The molecule has 0 aliphatic heterocycles. The van der Waals surface area contributed by atoms with Gasteiger partial charge >= 0.3 is 0 Å². The van der Waals surface area contributed by atoms with Gasteiger partial charge in [0.2, 0.25) is 0 Å². The summed E-state index contributed by atoms with van der Waals surface area (Å²) in [7, 11) is 0. The third-order valence-electron chi connectivity index (χ3n) is 13.7. The number of nitrogens with zero attached hydrogens (tertiary/aromatic N) is 3. The second kappa shape index (κ2) is 16.1. The number of pyridine rings is 1. The highest BCUT2D eigenvalue weighted by molar-refractivity contribution is 6.28. The topological polar surface area (TPSA) is 65.0 Å². The lowest BCUT2D eigenvalue weighted by Gasteiger charge is -2.16. The van der Waals surface area contributed by atoms with E-state index in [1.54, 1.807) is 0 Å². The Bertz CT molecular complexity index is 4360. The standard InChI is InChI=1S/C65H39N3O2/c1-3-17-40(18-4-1)63-53-38-59-62(52-29-9-12-34-58(52)69-59)60(61(53)51-28-7-10-32-54(51)66-63)47-26-14-22-43(36-47)42-21-13-24-45(35-42)55-39-56(68-65(67-55)41-19-5-2-6-20-41)46-25-15-23-44(37-46)48-30-16-31-50-49-27-8-11-33-57(49)70-64(48)50/h1-39H. The van der Waals surface area contributed by atoms with Gasteiger partial charge in [-0.2, -0.15) is 0 Å². The molecule has 0 unspecified atom stereocenters. The predicted molar refractivity (Wildman–Crippen MR) is 287 cm³/mol. The first-order valence-corrected chi connectivity index (χ1v) is 23.6. The highest BCUT2D eigenvalue weighted by atomic mass is 16.3. The Hall–Kier alpha value is -9.45. The van der Waals surface area contributed by atoms with Crippen molar-refractivity contribution < 1.29 is 8.83 Å². The van der Waals surface area contributed by atoms with E-state index >= 15 is 0 Å². The molecule has 0 atom stereocenters. The van der Waals surface area contributed by atoms with Crippen LogP contribution < -0.4 is 0 Å². The molecule has 5 heteroatoms. The maximum absolute atomic E-state index is 6.70. The van der Waals surface area contributed by atoms with Gasteiger partial charge in [-0.25, -0.2) is 15.0 Å². The van der Waals surface area contributed by atoms with E-state index in [1.165, 1.54) is 0 Å². The highest BCUT2D eigenvalue weighted by Gasteiger charge is 2.22. The van der Waals surface area contributed by atoms with Crippen LogP contribution in [0, 0.1) is 0 Å². The first-order chi connectivity index (χ1) is 34.7. The number of hydrogen-bond acceptors (Lipinski definition) is 5. The van der Waals surface area contributed by atoms with Gasteiger partial charge < -0.3 is 8.83 Å². The van der Waals surface area contributed by atoms with Crippen molar-refractivity contribution in [1.29, 1.82) is 0 Å². The smallest absolute Gasteiger partial charge is 0.160 e. The Kier molecular flexibility index (Phi) is 9.14. The van der Waals surface area contributed by atoms with E-state index < -0.39 is 0 Å². The van der Waals surface area contributed by atoms with Gasteiger partial charge in [-0.15, -0.1) is 0 Å². The van der Waals surface area contributed by atoms with Crippen LogP contribution in [0.1, 0.15) is 0 Å². The van der Waals surface area contributed by atoms with E-state index in [4.69, 9.17) is 23.8 Å². The van der Waals surface area contributed by atoms with Crippen molar-refractivity contribution in [3.63, 3.8) is 0 Å². The Labute approximate surface area is 402 Å². The van der Waals surface area contributed by atoms with Gasteiger partial charge in [0, 0.05) is 71.1 Å². The Morgan fingerprint density at radius 2 is 0.814 bits per heavy atom. The van der Waals surface area contributed by atoms with Crippen molar-refractivity contribution >= 4 is 65.6 Å². The summed E-state index contributed by atoms with van der Waals surface area (Å²) in [6.07, 6.45) is 0. The van der Waals surface area contributed by atoms with Gasteiger partial charge in [-0.1, -0.05) is 188 Å². The lowest BCUT2D eigenvalue weighted by Crippen LogP contribution is -1.96. The first-order valence-electron chi connectivity index (χ1n) is 23.6. The van der Waals surface area contributed by atoms with E-state index in [0.29, 0.717) is 5.82 Å². The summed E-state index contributed by atoms with van der Waals surface area (Å²) < 4.78 is 13.2. The van der Waals surface area contributed by atoms with Crippen LogP contribution in [0.4, 0.5) is 0 Å². The molecule has 0 radical (unpaired) electrons. The molecule has 4 aromatic heterocycles. The van der Waals surface area contributed by atoms with Crippen LogP contribution in [0.5, 0.6) is 0 Å². The predicted octanol–water partition coefficient (Wildman–Crippen LogP) is 17.6. The van der Waals surface area contributed by atoms with E-state index in [0.717, 1.165) is 138 Å². The summed E-state index contributed by atoms with van der Waals surface area (Å²) in [5, 5.41) is 7.66. The van der Waals surface area contributed by atoms with Gasteiger partial charge in [0.15, 0.2) is 5.82 Å². The molecule has 10 aromatic carbocycles. The zero-order chi connectivity index (χ0) is 46.1. The van der Waals surface area contributed by atoms with Crippen LogP contribution in [0.3, 0.4) is 0 Å². The maximum atomic E-state index is 6.70. The van der Waals surface area contributed by atoms with Gasteiger partial charge in [0.05, 0.1) is 22.6 Å². The van der Waals surface area contributed by atoms with E-state index in [-0.39, 0.29) is 0 Å². The van der Waals surface area contributed by atoms with E-state index in [9.17, 15) is 0 Å². The minimum absolute atomic E-state index is 0.661. The largest absolute Gasteiger partial charge is 0.456 e.